The van der Waals surface area contributed by atoms with Gasteiger partial charge in [-0.25, -0.2) is 8.42 Å². The van der Waals surface area contributed by atoms with Gasteiger partial charge in [0, 0.05) is 31.2 Å². The minimum Gasteiger partial charge on any atom is -0.310 e. The molecule has 0 spiro atoms. The van der Waals surface area contributed by atoms with Crippen LogP contribution in [-0.4, -0.2) is 42.1 Å². The van der Waals surface area contributed by atoms with E-state index in [4.69, 9.17) is 0 Å². The molecule has 3 rings (SSSR count). The molecular weight excluding hydrogens is 276 g/mol. The van der Waals surface area contributed by atoms with Crippen LogP contribution in [0.4, 0.5) is 0 Å². The van der Waals surface area contributed by atoms with Gasteiger partial charge in [0.25, 0.3) is 10.0 Å². The van der Waals surface area contributed by atoms with E-state index in [2.05, 4.69) is 15.5 Å². The summed E-state index contributed by atoms with van der Waals surface area (Å²) in [6.45, 7) is 3.57. The van der Waals surface area contributed by atoms with Gasteiger partial charge in [-0.2, -0.15) is 9.40 Å². The molecule has 2 heterocycles. The number of H-pyrrole nitrogens is 1. The number of nitrogens with zero attached hydrogens (tertiary/aromatic N) is 2. The van der Waals surface area contributed by atoms with Gasteiger partial charge in [-0.3, -0.25) is 5.10 Å². The number of aromatic nitrogens is 2. The number of rotatable bonds is 5. The van der Waals surface area contributed by atoms with E-state index in [1.165, 1.54) is 22.7 Å². The Morgan fingerprint density at radius 2 is 2.30 bits per heavy atom. The topological polar surface area (TPSA) is 78.1 Å². The highest BCUT2D eigenvalue weighted by atomic mass is 32.2. The molecule has 0 amide bonds. The van der Waals surface area contributed by atoms with Crippen LogP contribution in [0.2, 0.25) is 0 Å². The van der Waals surface area contributed by atoms with E-state index in [1.54, 1.807) is 6.20 Å². The molecule has 20 heavy (non-hydrogen) atoms. The van der Waals surface area contributed by atoms with Crippen LogP contribution in [0.15, 0.2) is 22.9 Å². The Kier molecular flexibility index (Phi) is 3.66. The molecule has 1 saturated carbocycles. The van der Waals surface area contributed by atoms with Gasteiger partial charge in [0.1, 0.15) is 0 Å². The molecule has 6 nitrogen and oxygen atoms in total. The molecule has 0 aromatic carbocycles. The summed E-state index contributed by atoms with van der Waals surface area (Å²) >= 11 is 0. The van der Waals surface area contributed by atoms with E-state index in [1.807, 2.05) is 13.0 Å². The summed E-state index contributed by atoms with van der Waals surface area (Å²) in [7, 11) is -3.47. The van der Waals surface area contributed by atoms with Crippen LogP contribution in [0.5, 0.6) is 0 Å². The van der Waals surface area contributed by atoms with E-state index in [-0.39, 0.29) is 5.03 Å². The van der Waals surface area contributed by atoms with Crippen LogP contribution >= 0.6 is 0 Å². The maximum absolute atomic E-state index is 12.6. The smallest absolute Gasteiger partial charge is 0.260 e. The second-order valence-corrected chi connectivity index (χ2v) is 7.42. The first-order valence-electron chi connectivity index (χ1n) is 6.99. The molecule has 7 heteroatoms. The lowest BCUT2D eigenvalue weighted by Gasteiger charge is -2.24. The number of hydrogen-bond donors (Lipinski definition) is 2. The number of aromatic amines is 1. The third kappa shape index (κ3) is 2.79. The van der Waals surface area contributed by atoms with E-state index in [9.17, 15) is 8.42 Å². The standard InChI is InChI=1S/C13H20N4O2S/c1-10-4-6-17(7-5-10)20(18,19)13-11(9-15-16-13)8-14-12-2-3-12/h4,9,12,14H,2-3,5-8H2,1H3,(H,15,16). The Balaban J connectivity index is 1.78. The lowest BCUT2D eigenvalue weighted by molar-refractivity contribution is 0.428. The van der Waals surface area contributed by atoms with Gasteiger partial charge in [0.05, 0.1) is 6.20 Å². The van der Waals surface area contributed by atoms with Crippen molar-refractivity contribution in [1.29, 1.82) is 0 Å². The largest absolute Gasteiger partial charge is 0.310 e. The third-order valence-corrected chi connectivity index (χ3v) is 5.71. The summed E-state index contributed by atoms with van der Waals surface area (Å²) in [5, 5.41) is 10.1. The zero-order chi connectivity index (χ0) is 14.2. The summed E-state index contributed by atoms with van der Waals surface area (Å²) < 4.78 is 26.8. The van der Waals surface area contributed by atoms with Crippen molar-refractivity contribution in [3.05, 3.63) is 23.4 Å². The van der Waals surface area contributed by atoms with Gasteiger partial charge in [-0.15, -0.1) is 0 Å². The molecular formula is C13H20N4O2S. The molecule has 0 saturated heterocycles. The Labute approximate surface area is 119 Å². The highest BCUT2D eigenvalue weighted by molar-refractivity contribution is 7.89. The predicted octanol–water partition coefficient (Wildman–Crippen LogP) is 1.00. The normalized spacial score (nSPS) is 20.9. The van der Waals surface area contributed by atoms with Crippen LogP contribution in [-0.2, 0) is 16.6 Å². The Morgan fingerprint density at radius 3 is 2.95 bits per heavy atom. The molecule has 0 unspecified atom stereocenters. The fourth-order valence-corrected chi connectivity index (χ4v) is 3.77. The van der Waals surface area contributed by atoms with Crippen LogP contribution < -0.4 is 5.32 Å². The maximum atomic E-state index is 12.6. The van der Waals surface area contributed by atoms with Gasteiger partial charge < -0.3 is 5.32 Å². The summed E-state index contributed by atoms with van der Waals surface area (Å²) in [6, 6.07) is 0.543. The van der Waals surface area contributed by atoms with E-state index in [0.717, 1.165) is 12.0 Å². The minimum atomic E-state index is -3.47. The third-order valence-electron chi connectivity index (χ3n) is 3.83. The first-order chi connectivity index (χ1) is 9.57. The van der Waals surface area contributed by atoms with Crippen molar-refractivity contribution in [3.63, 3.8) is 0 Å². The molecule has 0 bridgehead atoms. The summed E-state index contributed by atoms with van der Waals surface area (Å²) in [5.74, 6) is 0. The molecule has 2 aliphatic rings. The fraction of sp³-hybridized carbons (Fsp3) is 0.615. The zero-order valence-corrected chi connectivity index (χ0v) is 12.4. The quantitative estimate of drug-likeness (QED) is 0.795. The highest BCUT2D eigenvalue weighted by Gasteiger charge is 2.30. The number of sulfonamides is 1. The average Bonchev–Trinajstić information content (AvgIpc) is 3.13. The van der Waals surface area contributed by atoms with Crippen molar-refractivity contribution in [3.8, 4) is 0 Å². The molecule has 2 N–H and O–H groups in total. The molecule has 1 aromatic heterocycles. The van der Waals surface area contributed by atoms with Crippen molar-refractivity contribution in [2.45, 2.75) is 43.8 Å². The minimum absolute atomic E-state index is 0.235. The molecule has 1 aromatic rings. The first kappa shape index (κ1) is 13.8. The Morgan fingerprint density at radius 1 is 1.50 bits per heavy atom. The molecule has 110 valence electrons. The van der Waals surface area contributed by atoms with Gasteiger partial charge in [-0.1, -0.05) is 11.6 Å². The number of hydrogen-bond acceptors (Lipinski definition) is 4. The van der Waals surface area contributed by atoms with Crippen molar-refractivity contribution in [2.24, 2.45) is 0 Å². The second-order valence-electron chi connectivity index (χ2n) is 5.54. The SMILES string of the molecule is CC1=CCN(S(=O)(=O)c2[nH]ncc2CNC2CC2)CC1. The van der Waals surface area contributed by atoms with E-state index in [0.29, 0.717) is 25.7 Å². The first-order valence-corrected chi connectivity index (χ1v) is 8.43. The zero-order valence-electron chi connectivity index (χ0n) is 11.6. The summed E-state index contributed by atoms with van der Waals surface area (Å²) in [4.78, 5) is 0. The molecule has 1 aliphatic heterocycles. The molecule has 1 fully saturated rings. The predicted molar refractivity (Wildman–Crippen MR) is 75.6 cm³/mol. The molecule has 0 radical (unpaired) electrons. The van der Waals surface area contributed by atoms with Crippen LogP contribution in [0, 0.1) is 0 Å². The highest BCUT2D eigenvalue weighted by Crippen LogP contribution is 2.23. The van der Waals surface area contributed by atoms with Crippen LogP contribution in [0.1, 0.15) is 31.7 Å². The van der Waals surface area contributed by atoms with Gasteiger partial charge in [-0.05, 0) is 26.2 Å². The van der Waals surface area contributed by atoms with Crippen LogP contribution in [0.25, 0.3) is 0 Å². The second kappa shape index (κ2) is 5.31. The van der Waals surface area contributed by atoms with Crippen molar-refractivity contribution in [2.75, 3.05) is 13.1 Å². The fourth-order valence-electron chi connectivity index (χ4n) is 2.29. The van der Waals surface area contributed by atoms with Crippen molar-refractivity contribution >= 4 is 10.0 Å². The molecule has 0 atom stereocenters. The monoisotopic (exact) mass is 296 g/mol. The molecule has 1 aliphatic carbocycles. The van der Waals surface area contributed by atoms with Gasteiger partial charge in [0.2, 0.25) is 0 Å². The van der Waals surface area contributed by atoms with Gasteiger partial charge >= 0.3 is 0 Å². The lowest BCUT2D eigenvalue weighted by atomic mass is 10.1. The van der Waals surface area contributed by atoms with Crippen molar-refractivity contribution < 1.29 is 8.42 Å². The van der Waals surface area contributed by atoms with E-state index < -0.39 is 10.0 Å². The van der Waals surface area contributed by atoms with Gasteiger partial charge in [0.15, 0.2) is 5.03 Å². The number of nitrogens with one attached hydrogen (secondary N) is 2. The maximum Gasteiger partial charge on any atom is 0.260 e. The van der Waals surface area contributed by atoms with Crippen LogP contribution in [0.3, 0.4) is 0 Å². The Bertz CT molecular complexity index is 616. The summed E-state index contributed by atoms with van der Waals surface area (Å²) in [6.07, 6.45) is 6.72. The lowest BCUT2D eigenvalue weighted by Crippen LogP contribution is -2.35. The van der Waals surface area contributed by atoms with Crippen molar-refractivity contribution in [1.82, 2.24) is 19.8 Å². The Hall–Kier alpha value is -1.18. The van der Waals surface area contributed by atoms with E-state index >= 15 is 0 Å². The summed E-state index contributed by atoms with van der Waals surface area (Å²) in [5.41, 5.74) is 1.97. The average molecular weight is 296 g/mol.